The number of benzene rings is 3. The van der Waals surface area contributed by atoms with E-state index in [1.54, 1.807) is 18.5 Å². The molecule has 0 saturated carbocycles. The Hall–Kier alpha value is -3.26. The van der Waals surface area contributed by atoms with Crippen LogP contribution in [0.3, 0.4) is 0 Å². The molecule has 0 aliphatic rings. The van der Waals surface area contributed by atoms with Crippen molar-refractivity contribution < 1.29 is 0 Å². The molecule has 0 aliphatic carbocycles. The van der Waals surface area contributed by atoms with Gasteiger partial charge in [0.15, 0.2) is 0 Å². The van der Waals surface area contributed by atoms with E-state index in [9.17, 15) is 0 Å². The first-order chi connectivity index (χ1) is 11.8. The summed E-state index contributed by atoms with van der Waals surface area (Å²) in [5.74, 6) is 0. The van der Waals surface area contributed by atoms with Gasteiger partial charge in [-0.3, -0.25) is 9.97 Å². The zero-order valence-corrected chi connectivity index (χ0v) is 13.2. The Morgan fingerprint density at radius 1 is 0.792 bits per heavy atom. The third-order valence-electron chi connectivity index (χ3n) is 4.30. The average molecular weight is 308 g/mol. The average Bonchev–Trinajstić information content (AvgIpc) is 2.66. The fourth-order valence-electron chi connectivity index (χ4n) is 3.22. The highest BCUT2D eigenvalue weighted by Gasteiger charge is 2.11. The van der Waals surface area contributed by atoms with Gasteiger partial charge in [0.05, 0.1) is 11.0 Å². The molecule has 0 saturated heterocycles. The summed E-state index contributed by atoms with van der Waals surface area (Å²) >= 11 is 0. The van der Waals surface area contributed by atoms with E-state index < -0.39 is 0 Å². The van der Waals surface area contributed by atoms with E-state index in [1.165, 1.54) is 10.8 Å². The molecule has 0 spiro atoms. The van der Waals surface area contributed by atoms with Crippen molar-refractivity contribution in [1.82, 2.24) is 9.97 Å². The van der Waals surface area contributed by atoms with Crippen LogP contribution in [0.15, 0.2) is 86.2 Å². The van der Waals surface area contributed by atoms with Crippen LogP contribution >= 0.6 is 0 Å². The van der Waals surface area contributed by atoms with Gasteiger partial charge in [0.1, 0.15) is 0 Å². The van der Waals surface area contributed by atoms with E-state index in [4.69, 9.17) is 0 Å². The van der Waals surface area contributed by atoms with Gasteiger partial charge in [0.25, 0.3) is 0 Å². The van der Waals surface area contributed by atoms with Crippen LogP contribution < -0.4 is 0 Å². The number of aromatic nitrogens is 2. The maximum Gasteiger partial charge on any atom is 0.0971 e. The fourth-order valence-corrected chi connectivity index (χ4v) is 3.22. The molecule has 24 heavy (non-hydrogen) atoms. The predicted molar refractivity (Wildman–Crippen MR) is 103 cm³/mol. The molecule has 0 aliphatic heterocycles. The summed E-state index contributed by atoms with van der Waals surface area (Å²) in [4.78, 5) is 9.14. The van der Waals surface area contributed by atoms with E-state index >= 15 is 0 Å². The zero-order chi connectivity index (χ0) is 16.5. The number of hydrogen-bond donors (Lipinski definition) is 0. The molecule has 0 radical (unpaired) electrons. The molecular formula is C22H16N2. The maximum absolute atomic E-state index is 4.58. The van der Waals surface area contributed by atoms with E-state index in [0.717, 1.165) is 32.9 Å². The van der Waals surface area contributed by atoms with Crippen LogP contribution in [0.1, 0.15) is 5.56 Å². The Kier molecular flexibility index (Phi) is 3.43. The SMILES string of the molecule is C=C/C=C(\C=C)c1ccc2c(c1)c1ccccc1c1nccnc21. The lowest BCUT2D eigenvalue weighted by atomic mass is 9.95. The number of fused-ring (bicyclic) bond motifs is 6. The van der Waals surface area contributed by atoms with Gasteiger partial charge in [-0.1, -0.05) is 67.8 Å². The van der Waals surface area contributed by atoms with Crippen molar-refractivity contribution in [2.75, 3.05) is 0 Å². The minimum absolute atomic E-state index is 0.936. The van der Waals surface area contributed by atoms with Crippen molar-refractivity contribution in [3.8, 4) is 0 Å². The molecule has 3 aromatic carbocycles. The molecule has 0 amide bonds. The third kappa shape index (κ3) is 2.12. The van der Waals surface area contributed by atoms with Crippen molar-refractivity contribution >= 4 is 38.2 Å². The lowest BCUT2D eigenvalue weighted by Crippen LogP contribution is -1.89. The minimum atomic E-state index is 0.936. The van der Waals surface area contributed by atoms with Gasteiger partial charge in [-0.15, -0.1) is 0 Å². The highest BCUT2D eigenvalue weighted by molar-refractivity contribution is 6.23. The van der Waals surface area contributed by atoms with Crippen LogP contribution in [0.4, 0.5) is 0 Å². The van der Waals surface area contributed by atoms with Crippen LogP contribution in [0, 0.1) is 0 Å². The zero-order valence-electron chi connectivity index (χ0n) is 13.2. The number of allylic oxidation sites excluding steroid dienone is 4. The molecule has 1 aromatic heterocycles. The normalized spacial score (nSPS) is 11.9. The molecular weight excluding hydrogens is 292 g/mol. The second-order valence-electron chi connectivity index (χ2n) is 5.62. The number of hydrogen-bond acceptors (Lipinski definition) is 2. The fraction of sp³-hybridized carbons (Fsp3) is 0. The van der Waals surface area contributed by atoms with E-state index in [0.29, 0.717) is 0 Å². The third-order valence-corrected chi connectivity index (χ3v) is 4.30. The van der Waals surface area contributed by atoms with Crippen LogP contribution in [-0.4, -0.2) is 9.97 Å². The lowest BCUT2D eigenvalue weighted by molar-refractivity contribution is 1.31. The first-order valence-electron chi connectivity index (χ1n) is 7.84. The van der Waals surface area contributed by atoms with Gasteiger partial charge in [-0.25, -0.2) is 0 Å². The highest BCUT2D eigenvalue weighted by Crippen LogP contribution is 2.34. The first-order valence-corrected chi connectivity index (χ1v) is 7.84. The summed E-state index contributed by atoms with van der Waals surface area (Å²) in [5.41, 5.74) is 4.05. The summed E-state index contributed by atoms with van der Waals surface area (Å²) in [6.45, 7) is 7.69. The highest BCUT2D eigenvalue weighted by atomic mass is 14.8. The molecule has 0 N–H and O–H groups in total. The summed E-state index contributed by atoms with van der Waals surface area (Å²) in [6, 6.07) is 14.8. The van der Waals surface area contributed by atoms with Crippen molar-refractivity contribution in [2.24, 2.45) is 0 Å². The Labute approximate surface area is 140 Å². The molecule has 2 nitrogen and oxygen atoms in total. The van der Waals surface area contributed by atoms with Crippen molar-refractivity contribution in [3.05, 3.63) is 91.8 Å². The molecule has 0 unspecified atom stereocenters. The Morgan fingerprint density at radius 2 is 1.46 bits per heavy atom. The quantitative estimate of drug-likeness (QED) is 0.359. The minimum Gasteiger partial charge on any atom is -0.252 e. The Balaban J connectivity index is 2.19. The Bertz CT molecular complexity index is 1100. The molecule has 1 heterocycles. The van der Waals surface area contributed by atoms with Crippen molar-refractivity contribution in [1.29, 1.82) is 0 Å². The van der Waals surface area contributed by atoms with Gasteiger partial charge < -0.3 is 0 Å². The molecule has 4 rings (SSSR count). The maximum atomic E-state index is 4.58. The van der Waals surface area contributed by atoms with Gasteiger partial charge in [-0.05, 0) is 28.0 Å². The lowest BCUT2D eigenvalue weighted by Gasteiger charge is -2.10. The van der Waals surface area contributed by atoms with Gasteiger partial charge in [-0.2, -0.15) is 0 Å². The predicted octanol–water partition coefficient (Wildman–Crippen LogP) is 5.69. The first kappa shape index (κ1) is 14.3. The van der Waals surface area contributed by atoms with Gasteiger partial charge in [0.2, 0.25) is 0 Å². The van der Waals surface area contributed by atoms with E-state index in [2.05, 4.69) is 59.5 Å². The number of rotatable bonds is 3. The molecule has 0 fully saturated rings. The topological polar surface area (TPSA) is 25.8 Å². The van der Waals surface area contributed by atoms with Crippen LogP contribution in [-0.2, 0) is 0 Å². The number of nitrogens with zero attached hydrogens (tertiary/aromatic N) is 2. The molecule has 0 bridgehead atoms. The smallest absolute Gasteiger partial charge is 0.0971 e. The van der Waals surface area contributed by atoms with Gasteiger partial charge in [0, 0.05) is 23.2 Å². The molecule has 4 aromatic rings. The van der Waals surface area contributed by atoms with Crippen molar-refractivity contribution in [3.63, 3.8) is 0 Å². The summed E-state index contributed by atoms with van der Waals surface area (Å²) in [7, 11) is 0. The second kappa shape index (κ2) is 5.74. The van der Waals surface area contributed by atoms with Crippen molar-refractivity contribution in [2.45, 2.75) is 0 Å². The second-order valence-corrected chi connectivity index (χ2v) is 5.62. The standard InChI is InChI=1S/C22H16N2/c1-3-7-15(4-2)16-10-11-19-20(14-16)17-8-5-6-9-18(17)21-22(19)24-13-12-23-21/h3-14H,1-2H2/b15-7+. The molecule has 2 heteroatoms. The summed E-state index contributed by atoms with van der Waals surface area (Å²) < 4.78 is 0. The van der Waals surface area contributed by atoms with Gasteiger partial charge >= 0.3 is 0 Å². The van der Waals surface area contributed by atoms with E-state index in [-0.39, 0.29) is 0 Å². The molecule has 114 valence electrons. The summed E-state index contributed by atoms with van der Waals surface area (Å²) in [5, 5.41) is 4.60. The van der Waals surface area contributed by atoms with Crippen LogP contribution in [0.5, 0.6) is 0 Å². The Morgan fingerprint density at radius 3 is 2.12 bits per heavy atom. The monoisotopic (exact) mass is 308 g/mol. The van der Waals surface area contributed by atoms with Crippen LogP contribution in [0.25, 0.3) is 38.2 Å². The van der Waals surface area contributed by atoms with E-state index in [1.807, 2.05) is 18.2 Å². The largest absolute Gasteiger partial charge is 0.252 e. The van der Waals surface area contributed by atoms with Crippen LogP contribution in [0.2, 0.25) is 0 Å². The summed E-state index contributed by atoms with van der Waals surface area (Å²) in [6.07, 6.45) is 9.10. The molecule has 0 atom stereocenters.